The molecule has 2 rings (SSSR count). The topological polar surface area (TPSA) is 12.0 Å². The lowest BCUT2D eigenvalue weighted by Crippen LogP contribution is -2.27. The van der Waals surface area contributed by atoms with Gasteiger partial charge in [-0.25, -0.2) is 4.39 Å². The van der Waals surface area contributed by atoms with Crippen LogP contribution in [0.15, 0.2) is 18.2 Å². The largest absolute Gasteiger partial charge is 0.382 e. The van der Waals surface area contributed by atoms with E-state index in [-0.39, 0.29) is 10.8 Å². The van der Waals surface area contributed by atoms with Crippen LogP contribution >= 0.6 is 11.6 Å². The van der Waals surface area contributed by atoms with Gasteiger partial charge in [-0.05, 0) is 37.0 Å². The summed E-state index contributed by atoms with van der Waals surface area (Å²) in [5, 5.41) is 3.60. The Morgan fingerprint density at radius 2 is 2.24 bits per heavy atom. The molecule has 2 atom stereocenters. The lowest BCUT2D eigenvalue weighted by Gasteiger charge is -2.29. The Morgan fingerprint density at radius 1 is 1.41 bits per heavy atom. The van der Waals surface area contributed by atoms with E-state index in [1.165, 1.54) is 38.2 Å². The van der Waals surface area contributed by atoms with E-state index in [9.17, 15) is 4.39 Å². The summed E-state index contributed by atoms with van der Waals surface area (Å²) in [7, 11) is 0. The molecule has 0 radical (unpaired) electrons. The summed E-state index contributed by atoms with van der Waals surface area (Å²) in [4.78, 5) is 0. The van der Waals surface area contributed by atoms with Crippen molar-refractivity contribution in [3.63, 3.8) is 0 Å². The van der Waals surface area contributed by atoms with Crippen LogP contribution in [-0.2, 0) is 0 Å². The standard InChI is InChI=1S/C14H19ClFN/c1-2-10-4-3-5-11(8-10)17-12-6-7-13(15)14(16)9-12/h6-7,9-11,17H,2-5,8H2,1H3. The van der Waals surface area contributed by atoms with Crippen molar-refractivity contribution in [2.75, 3.05) is 5.32 Å². The maximum atomic E-state index is 13.3. The lowest BCUT2D eigenvalue weighted by molar-refractivity contribution is 0.327. The van der Waals surface area contributed by atoms with Crippen LogP contribution in [0.1, 0.15) is 39.0 Å². The fraction of sp³-hybridized carbons (Fsp3) is 0.571. The zero-order valence-electron chi connectivity index (χ0n) is 10.2. The summed E-state index contributed by atoms with van der Waals surface area (Å²) < 4.78 is 13.3. The van der Waals surface area contributed by atoms with Crippen molar-refractivity contribution in [1.82, 2.24) is 0 Å². The van der Waals surface area contributed by atoms with Crippen LogP contribution in [0.4, 0.5) is 10.1 Å². The van der Waals surface area contributed by atoms with Crippen LogP contribution in [0.25, 0.3) is 0 Å². The molecule has 0 saturated heterocycles. The highest BCUT2D eigenvalue weighted by molar-refractivity contribution is 6.30. The Morgan fingerprint density at radius 3 is 2.94 bits per heavy atom. The monoisotopic (exact) mass is 255 g/mol. The first-order valence-electron chi connectivity index (χ1n) is 6.40. The highest BCUT2D eigenvalue weighted by atomic mass is 35.5. The smallest absolute Gasteiger partial charge is 0.143 e. The molecule has 1 aromatic rings. The van der Waals surface area contributed by atoms with E-state index in [0.29, 0.717) is 6.04 Å². The molecule has 1 aromatic carbocycles. The van der Waals surface area contributed by atoms with Gasteiger partial charge in [-0.3, -0.25) is 0 Å². The molecular formula is C14H19ClFN. The van der Waals surface area contributed by atoms with Gasteiger partial charge in [0.1, 0.15) is 5.82 Å². The maximum Gasteiger partial charge on any atom is 0.143 e. The summed E-state index contributed by atoms with van der Waals surface area (Å²) in [5.41, 5.74) is 0.841. The van der Waals surface area contributed by atoms with Crippen LogP contribution in [0.2, 0.25) is 5.02 Å². The first-order valence-corrected chi connectivity index (χ1v) is 6.78. The lowest BCUT2D eigenvalue weighted by atomic mass is 9.84. The van der Waals surface area contributed by atoms with Gasteiger partial charge in [0.2, 0.25) is 0 Å². The van der Waals surface area contributed by atoms with Crippen LogP contribution in [0, 0.1) is 11.7 Å². The van der Waals surface area contributed by atoms with Gasteiger partial charge in [-0.1, -0.05) is 37.8 Å². The fourth-order valence-electron chi connectivity index (χ4n) is 2.61. The summed E-state index contributed by atoms with van der Waals surface area (Å²) >= 11 is 5.67. The number of hydrogen-bond donors (Lipinski definition) is 1. The number of benzene rings is 1. The number of nitrogens with one attached hydrogen (secondary N) is 1. The molecule has 3 heteroatoms. The van der Waals surface area contributed by atoms with E-state index in [1.54, 1.807) is 6.07 Å². The third-order valence-corrected chi connectivity index (χ3v) is 3.96. The average molecular weight is 256 g/mol. The second-order valence-electron chi connectivity index (χ2n) is 4.91. The molecule has 1 N–H and O–H groups in total. The molecule has 1 aliphatic rings. The van der Waals surface area contributed by atoms with E-state index in [0.717, 1.165) is 11.6 Å². The molecule has 1 aliphatic carbocycles. The van der Waals surface area contributed by atoms with E-state index in [4.69, 9.17) is 11.6 Å². The van der Waals surface area contributed by atoms with Gasteiger partial charge in [-0.2, -0.15) is 0 Å². The van der Waals surface area contributed by atoms with Crippen molar-refractivity contribution in [1.29, 1.82) is 0 Å². The fourth-order valence-corrected chi connectivity index (χ4v) is 2.73. The SMILES string of the molecule is CCC1CCCC(Nc2ccc(Cl)c(F)c2)C1. The van der Waals surface area contributed by atoms with Crippen molar-refractivity contribution in [3.05, 3.63) is 29.0 Å². The van der Waals surface area contributed by atoms with Crippen molar-refractivity contribution in [2.45, 2.75) is 45.1 Å². The third-order valence-electron chi connectivity index (χ3n) is 3.65. The van der Waals surface area contributed by atoms with Gasteiger partial charge in [0, 0.05) is 11.7 Å². The van der Waals surface area contributed by atoms with Crippen LogP contribution in [0.3, 0.4) is 0 Å². The molecule has 0 aromatic heterocycles. The number of anilines is 1. The Bertz CT molecular complexity index is 380. The Hall–Kier alpha value is -0.760. The number of rotatable bonds is 3. The zero-order chi connectivity index (χ0) is 12.3. The summed E-state index contributed by atoms with van der Waals surface area (Å²) in [6.07, 6.45) is 6.23. The molecule has 1 nitrogen and oxygen atoms in total. The molecular weight excluding hydrogens is 237 g/mol. The van der Waals surface area contributed by atoms with Gasteiger partial charge in [0.25, 0.3) is 0 Å². The van der Waals surface area contributed by atoms with Gasteiger partial charge in [0.05, 0.1) is 5.02 Å². The molecule has 1 saturated carbocycles. The maximum absolute atomic E-state index is 13.3. The molecule has 2 unspecified atom stereocenters. The number of halogens is 2. The summed E-state index contributed by atoms with van der Waals surface area (Å²) in [6, 6.07) is 5.42. The molecule has 0 bridgehead atoms. The van der Waals surface area contributed by atoms with Crippen molar-refractivity contribution >= 4 is 17.3 Å². The summed E-state index contributed by atoms with van der Waals surface area (Å²) in [5.74, 6) is 0.470. The quantitative estimate of drug-likeness (QED) is 0.813. The van der Waals surface area contributed by atoms with E-state index >= 15 is 0 Å². The first-order chi connectivity index (χ1) is 8.19. The number of hydrogen-bond acceptors (Lipinski definition) is 1. The molecule has 94 valence electrons. The minimum atomic E-state index is -0.348. The van der Waals surface area contributed by atoms with Gasteiger partial charge in [0.15, 0.2) is 0 Å². The van der Waals surface area contributed by atoms with Crippen molar-refractivity contribution < 1.29 is 4.39 Å². The highest BCUT2D eigenvalue weighted by Crippen LogP contribution is 2.29. The molecule has 0 amide bonds. The molecule has 0 heterocycles. The van der Waals surface area contributed by atoms with E-state index < -0.39 is 0 Å². The summed E-state index contributed by atoms with van der Waals surface area (Å²) in [6.45, 7) is 2.25. The Balaban J connectivity index is 1.97. The normalized spacial score (nSPS) is 24.6. The predicted molar refractivity (Wildman–Crippen MR) is 71.1 cm³/mol. The molecule has 0 aliphatic heterocycles. The predicted octanol–water partition coefficient (Wildman–Crippen LogP) is 4.86. The first kappa shape index (κ1) is 12.7. The van der Waals surface area contributed by atoms with Crippen molar-refractivity contribution in [3.8, 4) is 0 Å². The minimum Gasteiger partial charge on any atom is -0.382 e. The molecule has 1 fully saturated rings. The van der Waals surface area contributed by atoms with Crippen molar-refractivity contribution in [2.24, 2.45) is 5.92 Å². The Kier molecular flexibility index (Phi) is 4.27. The van der Waals surface area contributed by atoms with Gasteiger partial charge < -0.3 is 5.32 Å². The van der Waals surface area contributed by atoms with E-state index in [2.05, 4.69) is 12.2 Å². The zero-order valence-corrected chi connectivity index (χ0v) is 10.9. The second kappa shape index (κ2) is 5.72. The third kappa shape index (κ3) is 3.35. The second-order valence-corrected chi connectivity index (χ2v) is 5.32. The molecule has 17 heavy (non-hydrogen) atoms. The Labute approximate surface area is 107 Å². The van der Waals surface area contributed by atoms with Gasteiger partial charge >= 0.3 is 0 Å². The van der Waals surface area contributed by atoms with Crippen LogP contribution in [0.5, 0.6) is 0 Å². The minimum absolute atomic E-state index is 0.186. The average Bonchev–Trinajstić information content (AvgIpc) is 2.34. The highest BCUT2D eigenvalue weighted by Gasteiger charge is 2.20. The van der Waals surface area contributed by atoms with Crippen LogP contribution in [-0.4, -0.2) is 6.04 Å². The van der Waals surface area contributed by atoms with Gasteiger partial charge in [-0.15, -0.1) is 0 Å². The molecule has 0 spiro atoms. The van der Waals surface area contributed by atoms with Crippen LogP contribution < -0.4 is 5.32 Å². The van der Waals surface area contributed by atoms with E-state index in [1.807, 2.05) is 6.07 Å².